The Morgan fingerprint density at radius 3 is 2.59 bits per heavy atom. The van der Waals surface area contributed by atoms with Crippen LogP contribution >= 0.6 is 0 Å². The molecule has 6 nitrogen and oxygen atoms in total. The van der Waals surface area contributed by atoms with E-state index < -0.39 is 5.91 Å². The number of aromatic amines is 1. The van der Waals surface area contributed by atoms with E-state index in [1.165, 1.54) is 0 Å². The summed E-state index contributed by atoms with van der Waals surface area (Å²) in [6.07, 6.45) is 2.38. The number of nitrogens with zero attached hydrogens (tertiary/aromatic N) is 3. The lowest BCUT2D eigenvalue weighted by molar-refractivity contribution is 0.100. The molecule has 3 aromatic heterocycles. The molecule has 0 bridgehead atoms. The number of hydrogen-bond acceptors (Lipinski definition) is 4. The van der Waals surface area contributed by atoms with Gasteiger partial charge >= 0.3 is 0 Å². The molecule has 0 fully saturated rings. The van der Waals surface area contributed by atoms with Gasteiger partial charge < -0.3 is 10.7 Å². The van der Waals surface area contributed by atoms with Gasteiger partial charge in [0, 0.05) is 34.8 Å². The summed E-state index contributed by atoms with van der Waals surface area (Å²) in [7, 11) is 0. The first-order valence-corrected chi connectivity index (χ1v) is 10.3. The Hall–Kier alpha value is -4.32. The molecule has 0 aliphatic carbocycles. The van der Waals surface area contributed by atoms with Crippen molar-refractivity contribution in [2.75, 3.05) is 0 Å². The van der Waals surface area contributed by atoms with Gasteiger partial charge in [-0.15, -0.1) is 0 Å². The molecule has 0 atom stereocenters. The molecule has 2 aromatic carbocycles. The first kappa shape index (κ1) is 19.6. The Labute approximate surface area is 185 Å². The number of primary amides is 1. The number of rotatable bonds is 5. The summed E-state index contributed by atoms with van der Waals surface area (Å²) in [6.45, 7) is 1.97. The van der Waals surface area contributed by atoms with E-state index in [0.717, 1.165) is 50.6 Å². The van der Waals surface area contributed by atoms with Crippen molar-refractivity contribution < 1.29 is 4.79 Å². The highest BCUT2D eigenvalue weighted by Gasteiger charge is 2.16. The van der Waals surface area contributed by atoms with Gasteiger partial charge in [0.2, 0.25) is 5.91 Å². The van der Waals surface area contributed by atoms with Crippen molar-refractivity contribution in [2.45, 2.75) is 13.3 Å². The molecule has 3 heterocycles. The van der Waals surface area contributed by atoms with Crippen molar-refractivity contribution in [1.82, 2.24) is 19.9 Å². The highest BCUT2D eigenvalue weighted by atomic mass is 16.1. The Morgan fingerprint density at radius 2 is 1.81 bits per heavy atom. The monoisotopic (exact) mass is 419 g/mol. The smallest absolute Gasteiger partial charge is 0.248 e. The molecule has 32 heavy (non-hydrogen) atoms. The number of nitrogens with two attached hydrogens (primary N) is 1. The van der Waals surface area contributed by atoms with Gasteiger partial charge in [-0.2, -0.15) is 0 Å². The topological polar surface area (TPSA) is 97.6 Å². The number of imidazole rings is 1. The molecule has 0 saturated heterocycles. The van der Waals surface area contributed by atoms with Crippen LogP contribution in [0.5, 0.6) is 0 Å². The van der Waals surface area contributed by atoms with E-state index >= 15 is 0 Å². The van der Waals surface area contributed by atoms with E-state index in [4.69, 9.17) is 15.7 Å². The molecule has 0 aliphatic rings. The second-order valence-electron chi connectivity index (χ2n) is 7.72. The molecule has 156 valence electrons. The molecule has 0 unspecified atom stereocenters. The van der Waals surface area contributed by atoms with Crippen LogP contribution in [0.2, 0.25) is 0 Å². The maximum absolute atomic E-state index is 11.3. The number of aryl methyl sites for hydroxylation is 1. The van der Waals surface area contributed by atoms with Gasteiger partial charge in [-0.25, -0.2) is 4.98 Å². The second kappa shape index (κ2) is 8.07. The van der Waals surface area contributed by atoms with Gasteiger partial charge in [-0.1, -0.05) is 30.3 Å². The lowest BCUT2D eigenvalue weighted by Crippen LogP contribution is -2.10. The van der Waals surface area contributed by atoms with Crippen molar-refractivity contribution in [3.05, 3.63) is 102 Å². The van der Waals surface area contributed by atoms with Crippen LogP contribution in [-0.2, 0) is 6.42 Å². The van der Waals surface area contributed by atoms with Crippen molar-refractivity contribution in [2.24, 2.45) is 5.73 Å². The summed E-state index contributed by atoms with van der Waals surface area (Å²) < 4.78 is 0. The van der Waals surface area contributed by atoms with E-state index in [2.05, 4.69) is 16.0 Å². The maximum atomic E-state index is 11.3. The zero-order valence-electron chi connectivity index (χ0n) is 17.5. The van der Waals surface area contributed by atoms with E-state index in [1.54, 1.807) is 18.3 Å². The first-order chi connectivity index (χ1) is 15.6. The van der Waals surface area contributed by atoms with E-state index in [1.807, 2.05) is 61.5 Å². The average molecular weight is 419 g/mol. The van der Waals surface area contributed by atoms with E-state index in [-0.39, 0.29) is 0 Å². The summed E-state index contributed by atoms with van der Waals surface area (Å²) >= 11 is 0. The normalized spacial score (nSPS) is 11.0. The maximum Gasteiger partial charge on any atom is 0.248 e. The minimum absolute atomic E-state index is 0.435. The Kier molecular flexibility index (Phi) is 4.95. The van der Waals surface area contributed by atoms with Crippen LogP contribution in [0.4, 0.5) is 0 Å². The minimum atomic E-state index is -0.435. The quantitative estimate of drug-likeness (QED) is 0.432. The first-order valence-electron chi connectivity index (χ1n) is 10.3. The third-order valence-electron chi connectivity index (χ3n) is 5.38. The predicted octanol–water partition coefficient (Wildman–Crippen LogP) is 4.69. The molecular formula is C26H21N5O. The van der Waals surface area contributed by atoms with Gasteiger partial charge in [0.15, 0.2) is 0 Å². The largest absolute Gasteiger partial charge is 0.366 e. The van der Waals surface area contributed by atoms with Crippen molar-refractivity contribution in [1.29, 1.82) is 0 Å². The predicted molar refractivity (Wildman–Crippen MR) is 125 cm³/mol. The summed E-state index contributed by atoms with van der Waals surface area (Å²) in [5, 5.41) is 1.06. The number of nitrogens with one attached hydrogen (secondary N) is 1. The lowest BCUT2D eigenvalue weighted by Gasteiger charge is -2.05. The third kappa shape index (κ3) is 3.86. The summed E-state index contributed by atoms with van der Waals surface area (Å²) in [5.41, 5.74) is 12.3. The van der Waals surface area contributed by atoms with Crippen LogP contribution in [0.3, 0.4) is 0 Å². The number of hydrogen-bond donors (Lipinski definition) is 2. The van der Waals surface area contributed by atoms with Crippen LogP contribution in [0, 0.1) is 6.92 Å². The molecular weight excluding hydrogens is 398 g/mol. The van der Waals surface area contributed by atoms with Crippen molar-refractivity contribution in [3.8, 4) is 22.6 Å². The molecule has 6 heteroatoms. The number of benzene rings is 2. The van der Waals surface area contributed by atoms with Crippen molar-refractivity contribution >= 4 is 16.8 Å². The van der Waals surface area contributed by atoms with E-state index in [0.29, 0.717) is 12.0 Å². The fourth-order valence-electron chi connectivity index (χ4n) is 3.79. The Bertz CT molecular complexity index is 1440. The Balaban J connectivity index is 1.59. The van der Waals surface area contributed by atoms with E-state index in [9.17, 15) is 4.79 Å². The van der Waals surface area contributed by atoms with Crippen LogP contribution < -0.4 is 5.73 Å². The third-order valence-corrected chi connectivity index (χ3v) is 5.38. The van der Waals surface area contributed by atoms with Gasteiger partial charge in [0.1, 0.15) is 5.82 Å². The fourth-order valence-corrected chi connectivity index (χ4v) is 3.79. The summed E-state index contributed by atoms with van der Waals surface area (Å²) in [5.74, 6) is 0.381. The fraction of sp³-hybridized carbons (Fsp3) is 0.0769. The second-order valence-corrected chi connectivity index (χ2v) is 7.72. The van der Waals surface area contributed by atoms with Crippen LogP contribution in [0.1, 0.15) is 27.4 Å². The molecule has 5 rings (SSSR count). The van der Waals surface area contributed by atoms with Crippen LogP contribution in [-0.4, -0.2) is 25.8 Å². The molecule has 3 N–H and O–H groups in total. The van der Waals surface area contributed by atoms with Crippen molar-refractivity contribution in [3.63, 3.8) is 0 Å². The standard InChI is InChI=1S/C26H21N5O/c1-16-4-2-6-22(29-16)25-24(20-11-12-21-19(15-20)5-3-13-28-21)30-23(31-25)14-17-7-9-18(10-8-17)26(27)32/h2-13,15H,14H2,1H3,(H2,27,32)(H,30,31). The zero-order chi connectivity index (χ0) is 22.1. The molecule has 5 aromatic rings. The van der Waals surface area contributed by atoms with Crippen LogP contribution in [0.25, 0.3) is 33.5 Å². The molecule has 1 amide bonds. The van der Waals surface area contributed by atoms with Gasteiger partial charge in [0.25, 0.3) is 0 Å². The van der Waals surface area contributed by atoms with Gasteiger partial charge in [0.05, 0.1) is 22.6 Å². The number of carbonyl (C=O) groups excluding carboxylic acids is 1. The van der Waals surface area contributed by atoms with Crippen LogP contribution in [0.15, 0.2) is 79.0 Å². The minimum Gasteiger partial charge on any atom is -0.366 e. The Morgan fingerprint density at radius 1 is 0.969 bits per heavy atom. The highest BCUT2D eigenvalue weighted by Crippen LogP contribution is 2.31. The summed E-state index contributed by atoms with van der Waals surface area (Å²) in [6, 6.07) is 23.3. The number of aromatic nitrogens is 4. The number of pyridine rings is 2. The highest BCUT2D eigenvalue weighted by molar-refractivity contribution is 5.92. The average Bonchev–Trinajstić information content (AvgIpc) is 3.23. The molecule has 0 aliphatic heterocycles. The number of amides is 1. The SMILES string of the molecule is Cc1cccc(-c2[nH]c(Cc3ccc(C(N)=O)cc3)nc2-c2ccc3ncccc3c2)n1. The number of fused-ring (bicyclic) bond motifs is 1. The molecule has 0 radical (unpaired) electrons. The van der Waals surface area contributed by atoms with Gasteiger partial charge in [-0.05, 0) is 55.0 Å². The zero-order valence-corrected chi connectivity index (χ0v) is 17.5. The molecule has 0 spiro atoms. The molecule has 0 saturated carbocycles. The number of carbonyl (C=O) groups is 1. The van der Waals surface area contributed by atoms with Gasteiger partial charge in [-0.3, -0.25) is 14.8 Å². The lowest BCUT2D eigenvalue weighted by atomic mass is 10.1. The number of H-pyrrole nitrogens is 1. The summed E-state index contributed by atoms with van der Waals surface area (Å²) in [4.78, 5) is 28.9.